The van der Waals surface area contributed by atoms with Gasteiger partial charge in [0.25, 0.3) is 0 Å². The van der Waals surface area contributed by atoms with Gasteiger partial charge in [-0.15, -0.1) is 0 Å². The highest BCUT2D eigenvalue weighted by molar-refractivity contribution is 5.69. The van der Waals surface area contributed by atoms with E-state index in [9.17, 15) is 4.39 Å². The lowest BCUT2D eigenvalue weighted by Crippen LogP contribution is -2.18. The zero-order chi connectivity index (χ0) is 15.4. The number of hydrogen-bond donors (Lipinski definition) is 1. The summed E-state index contributed by atoms with van der Waals surface area (Å²) >= 11 is 0. The molecular weight excluding hydrogens is 269 g/mol. The molecule has 112 valence electrons. The fraction of sp³-hybridized carbons (Fsp3) is 0.312. The molecular formula is C16H20FN3O. The maximum absolute atomic E-state index is 13.8. The second-order valence-electron chi connectivity index (χ2n) is 5.22. The van der Waals surface area contributed by atoms with Gasteiger partial charge >= 0.3 is 0 Å². The van der Waals surface area contributed by atoms with Crippen LogP contribution in [0.3, 0.4) is 0 Å². The van der Waals surface area contributed by atoms with Crippen LogP contribution in [0.15, 0.2) is 36.7 Å². The van der Waals surface area contributed by atoms with Crippen LogP contribution in [0.1, 0.15) is 19.4 Å². The molecule has 21 heavy (non-hydrogen) atoms. The molecule has 0 saturated carbocycles. The lowest BCUT2D eigenvalue weighted by Gasteiger charge is -2.23. The molecule has 0 fully saturated rings. The molecule has 0 aliphatic heterocycles. The largest absolute Gasteiger partial charge is 0.488 e. The molecule has 0 amide bonds. The van der Waals surface area contributed by atoms with Crippen molar-refractivity contribution in [1.82, 2.24) is 4.98 Å². The Morgan fingerprint density at radius 3 is 2.57 bits per heavy atom. The Morgan fingerprint density at radius 2 is 1.95 bits per heavy atom. The number of pyridine rings is 1. The number of hydrogen-bond acceptors (Lipinski definition) is 4. The predicted octanol–water partition coefficient (Wildman–Crippen LogP) is 3.23. The van der Waals surface area contributed by atoms with Crippen LogP contribution in [0.2, 0.25) is 0 Å². The minimum absolute atomic E-state index is 0.0959. The zero-order valence-electron chi connectivity index (χ0n) is 12.5. The zero-order valence-corrected chi connectivity index (χ0v) is 12.5. The molecule has 1 aromatic heterocycles. The van der Waals surface area contributed by atoms with Gasteiger partial charge in [-0.1, -0.05) is 0 Å². The van der Waals surface area contributed by atoms with Crippen LogP contribution in [0, 0.1) is 5.82 Å². The smallest absolute Gasteiger partial charge is 0.167 e. The van der Waals surface area contributed by atoms with Crippen LogP contribution < -0.4 is 15.4 Å². The molecule has 2 rings (SSSR count). The SMILES string of the molecule is CC(C)Oc1cc(N(C)Cc2ccncc2)c(N)cc1F. The summed E-state index contributed by atoms with van der Waals surface area (Å²) in [6, 6.07) is 6.81. The maximum atomic E-state index is 13.8. The van der Waals surface area contributed by atoms with Crippen molar-refractivity contribution < 1.29 is 9.13 Å². The summed E-state index contributed by atoms with van der Waals surface area (Å²) in [5, 5.41) is 0. The Morgan fingerprint density at radius 1 is 1.29 bits per heavy atom. The van der Waals surface area contributed by atoms with E-state index in [0.29, 0.717) is 12.2 Å². The molecule has 0 aliphatic rings. The van der Waals surface area contributed by atoms with Crippen molar-refractivity contribution in [2.24, 2.45) is 0 Å². The van der Waals surface area contributed by atoms with Crippen molar-refractivity contribution >= 4 is 11.4 Å². The normalized spacial score (nSPS) is 10.7. The molecule has 0 radical (unpaired) electrons. The van der Waals surface area contributed by atoms with E-state index in [1.165, 1.54) is 6.07 Å². The van der Waals surface area contributed by atoms with E-state index in [1.807, 2.05) is 37.9 Å². The first-order valence-electron chi connectivity index (χ1n) is 6.83. The Labute approximate surface area is 124 Å². The molecule has 0 spiro atoms. The van der Waals surface area contributed by atoms with Crippen molar-refractivity contribution in [1.29, 1.82) is 0 Å². The lowest BCUT2D eigenvalue weighted by molar-refractivity contribution is 0.231. The monoisotopic (exact) mass is 289 g/mol. The average Bonchev–Trinajstić information content (AvgIpc) is 2.42. The van der Waals surface area contributed by atoms with Crippen molar-refractivity contribution in [2.45, 2.75) is 26.5 Å². The summed E-state index contributed by atoms with van der Waals surface area (Å²) in [7, 11) is 1.91. The second-order valence-corrected chi connectivity index (χ2v) is 5.22. The van der Waals surface area contributed by atoms with Gasteiger partial charge in [0, 0.05) is 38.1 Å². The van der Waals surface area contributed by atoms with E-state index in [1.54, 1.807) is 18.5 Å². The summed E-state index contributed by atoms with van der Waals surface area (Å²) in [5.41, 5.74) is 8.15. The third-order valence-electron chi connectivity index (χ3n) is 3.02. The number of nitrogens with two attached hydrogens (primary N) is 1. The first-order chi connectivity index (χ1) is 9.97. The van der Waals surface area contributed by atoms with Crippen LogP contribution in [0.25, 0.3) is 0 Å². The third-order valence-corrected chi connectivity index (χ3v) is 3.02. The number of nitrogen functional groups attached to an aromatic ring is 1. The molecule has 1 aromatic carbocycles. The molecule has 4 nitrogen and oxygen atoms in total. The molecule has 0 bridgehead atoms. The Hall–Kier alpha value is -2.30. The van der Waals surface area contributed by atoms with E-state index < -0.39 is 5.82 Å². The maximum Gasteiger partial charge on any atom is 0.167 e. The van der Waals surface area contributed by atoms with E-state index >= 15 is 0 Å². The number of halogens is 1. The fourth-order valence-electron chi connectivity index (χ4n) is 2.08. The molecule has 0 saturated heterocycles. The van der Waals surface area contributed by atoms with Gasteiger partial charge in [0.05, 0.1) is 17.5 Å². The summed E-state index contributed by atoms with van der Waals surface area (Å²) < 4.78 is 19.3. The highest BCUT2D eigenvalue weighted by Gasteiger charge is 2.13. The molecule has 2 aromatic rings. The lowest BCUT2D eigenvalue weighted by atomic mass is 10.2. The van der Waals surface area contributed by atoms with Gasteiger partial charge in [0.15, 0.2) is 11.6 Å². The number of aromatic nitrogens is 1. The number of rotatable bonds is 5. The average molecular weight is 289 g/mol. The van der Waals surface area contributed by atoms with Gasteiger partial charge in [0.2, 0.25) is 0 Å². The molecule has 0 atom stereocenters. The molecule has 2 N–H and O–H groups in total. The minimum atomic E-state index is -0.442. The van der Waals surface area contributed by atoms with E-state index in [0.717, 1.165) is 11.3 Å². The molecule has 0 unspecified atom stereocenters. The van der Waals surface area contributed by atoms with Gasteiger partial charge in [-0.2, -0.15) is 0 Å². The number of anilines is 2. The van der Waals surface area contributed by atoms with Crippen molar-refractivity contribution in [3.8, 4) is 5.75 Å². The predicted molar refractivity (Wildman–Crippen MR) is 82.9 cm³/mol. The Balaban J connectivity index is 2.25. The van der Waals surface area contributed by atoms with E-state index in [4.69, 9.17) is 10.5 Å². The Bertz CT molecular complexity index is 602. The Kier molecular flexibility index (Phi) is 4.62. The van der Waals surface area contributed by atoms with Gasteiger partial charge in [0.1, 0.15) is 0 Å². The van der Waals surface area contributed by atoms with Gasteiger partial charge < -0.3 is 15.4 Å². The van der Waals surface area contributed by atoms with Crippen molar-refractivity contribution in [2.75, 3.05) is 17.7 Å². The third kappa shape index (κ3) is 3.84. The second kappa shape index (κ2) is 6.43. The molecule has 0 aliphatic carbocycles. The van der Waals surface area contributed by atoms with Gasteiger partial charge in [-0.3, -0.25) is 4.98 Å². The first-order valence-corrected chi connectivity index (χ1v) is 6.83. The molecule has 5 heteroatoms. The van der Waals surface area contributed by atoms with Crippen LogP contribution in [0.4, 0.5) is 15.8 Å². The topological polar surface area (TPSA) is 51.4 Å². The summed E-state index contributed by atoms with van der Waals surface area (Å²) in [6.07, 6.45) is 3.39. The van der Waals surface area contributed by atoms with Crippen molar-refractivity contribution in [3.63, 3.8) is 0 Å². The highest BCUT2D eigenvalue weighted by atomic mass is 19.1. The number of benzene rings is 1. The number of ether oxygens (including phenoxy) is 1. The summed E-state index contributed by atoms with van der Waals surface area (Å²) in [4.78, 5) is 5.94. The minimum Gasteiger partial charge on any atom is -0.488 e. The highest BCUT2D eigenvalue weighted by Crippen LogP contribution is 2.31. The van der Waals surface area contributed by atoms with Crippen LogP contribution in [-0.2, 0) is 6.54 Å². The summed E-state index contributed by atoms with van der Waals surface area (Å²) in [6.45, 7) is 4.37. The molecule has 1 heterocycles. The quantitative estimate of drug-likeness (QED) is 0.859. The van der Waals surface area contributed by atoms with E-state index in [-0.39, 0.29) is 11.9 Å². The van der Waals surface area contributed by atoms with Crippen LogP contribution in [-0.4, -0.2) is 18.1 Å². The number of nitrogens with zero attached hydrogens (tertiary/aromatic N) is 2. The first kappa shape index (κ1) is 15.1. The van der Waals surface area contributed by atoms with Gasteiger partial charge in [-0.05, 0) is 31.5 Å². The van der Waals surface area contributed by atoms with Crippen molar-refractivity contribution in [3.05, 3.63) is 48.0 Å². The van der Waals surface area contributed by atoms with Crippen LogP contribution >= 0.6 is 0 Å². The van der Waals surface area contributed by atoms with Crippen LogP contribution in [0.5, 0.6) is 5.75 Å². The summed E-state index contributed by atoms with van der Waals surface area (Å²) in [5.74, 6) is -0.224. The standard InChI is InChI=1S/C16H20FN3O/c1-11(2)21-16-9-15(14(18)8-13(16)17)20(3)10-12-4-6-19-7-5-12/h4-9,11H,10,18H2,1-3H3. The van der Waals surface area contributed by atoms with E-state index in [2.05, 4.69) is 4.98 Å². The fourth-order valence-corrected chi connectivity index (χ4v) is 2.08. The van der Waals surface area contributed by atoms with Gasteiger partial charge in [-0.25, -0.2) is 4.39 Å².